The van der Waals surface area contributed by atoms with Crippen molar-refractivity contribution in [3.05, 3.63) is 40.1 Å². The van der Waals surface area contributed by atoms with Gasteiger partial charge >= 0.3 is 5.97 Å². The number of nitrogens with zero attached hydrogens (tertiary/aromatic N) is 2. The van der Waals surface area contributed by atoms with Crippen LogP contribution in [-0.2, 0) is 9.53 Å². The lowest BCUT2D eigenvalue weighted by atomic mass is 10.1. The number of nitro groups is 1. The molecule has 1 saturated heterocycles. The number of hydrogen-bond donors (Lipinski definition) is 2. The summed E-state index contributed by atoms with van der Waals surface area (Å²) >= 11 is 0. The fraction of sp³-hybridized carbons (Fsp3) is 0.375. The highest BCUT2D eigenvalue weighted by Gasteiger charge is 2.37. The summed E-state index contributed by atoms with van der Waals surface area (Å²) in [5, 5.41) is 20.5. The van der Waals surface area contributed by atoms with Gasteiger partial charge in [-0.1, -0.05) is 0 Å². The number of non-ortho nitro benzene ring substituents is 1. The number of aromatic nitrogens is 1. The van der Waals surface area contributed by atoms with E-state index >= 15 is 0 Å². The third-order valence-electron chi connectivity index (χ3n) is 4.49. The first-order valence-corrected chi connectivity index (χ1v) is 7.71. The molecule has 132 valence electrons. The van der Waals surface area contributed by atoms with Gasteiger partial charge < -0.3 is 19.7 Å². The van der Waals surface area contributed by atoms with Crippen molar-refractivity contribution < 1.29 is 24.4 Å². The van der Waals surface area contributed by atoms with Crippen LogP contribution in [-0.4, -0.2) is 57.6 Å². The van der Waals surface area contributed by atoms with E-state index in [2.05, 4.69) is 4.98 Å². The number of carboxylic acids is 1. The molecule has 2 N–H and O–H groups in total. The number of nitrogens with one attached hydrogen (secondary N) is 1. The number of amides is 1. The highest BCUT2D eigenvalue weighted by molar-refractivity contribution is 6.07. The fourth-order valence-electron chi connectivity index (χ4n) is 3.24. The second-order valence-corrected chi connectivity index (χ2v) is 5.99. The van der Waals surface area contributed by atoms with Crippen molar-refractivity contribution in [2.45, 2.75) is 25.0 Å². The molecule has 1 aromatic carbocycles. The maximum atomic E-state index is 12.9. The lowest BCUT2D eigenvalue weighted by molar-refractivity contribution is -0.384. The normalized spacial score (nSPS) is 20.1. The van der Waals surface area contributed by atoms with Crippen molar-refractivity contribution in [1.29, 1.82) is 0 Å². The number of carbonyl (C=O) groups excluding carboxylic acids is 1. The number of methoxy groups -OCH3 is 1. The Labute approximate surface area is 142 Å². The molecule has 0 aliphatic carbocycles. The number of H-pyrrole nitrogens is 1. The molecular formula is C16H17N3O6. The summed E-state index contributed by atoms with van der Waals surface area (Å²) in [6.07, 6.45) is 1.53. The zero-order valence-electron chi connectivity index (χ0n) is 13.5. The average molecular weight is 347 g/mol. The Balaban J connectivity index is 1.96. The van der Waals surface area contributed by atoms with Crippen LogP contribution in [0.25, 0.3) is 10.9 Å². The number of carboxylic acid groups (broad SMARTS) is 1. The van der Waals surface area contributed by atoms with Gasteiger partial charge in [0.25, 0.3) is 11.6 Å². The number of hydrogen-bond acceptors (Lipinski definition) is 5. The van der Waals surface area contributed by atoms with Gasteiger partial charge in [-0.3, -0.25) is 19.7 Å². The lowest BCUT2D eigenvalue weighted by Crippen LogP contribution is -2.37. The first kappa shape index (κ1) is 16.9. The largest absolute Gasteiger partial charge is 0.481 e. The second-order valence-electron chi connectivity index (χ2n) is 5.99. The van der Waals surface area contributed by atoms with E-state index in [0.717, 1.165) is 0 Å². The van der Waals surface area contributed by atoms with Gasteiger partial charge in [0, 0.05) is 48.9 Å². The van der Waals surface area contributed by atoms with Crippen LogP contribution < -0.4 is 0 Å². The molecule has 0 spiro atoms. The van der Waals surface area contributed by atoms with Crippen LogP contribution in [0.15, 0.2) is 24.4 Å². The Bertz CT molecular complexity index is 846. The van der Waals surface area contributed by atoms with Crippen LogP contribution in [0.4, 0.5) is 5.69 Å². The molecule has 1 fully saturated rings. The molecule has 0 saturated carbocycles. The Hall–Kier alpha value is -2.94. The van der Waals surface area contributed by atoms with Gasteiger partial charge in [-0.2, -0.15) is 0 Å². The van der Waals surface area contributed by atoms with E-state index in [0.29, 0.717) is 17.3 Å². The topological polar surface area (TPSA) is 126 Å². The molecular weight excluding hydrogens is 330 g/mol. The van der Waals surface area contributed by atoms with Gasteiger partial charge in [0.2, 0.25) is 0 Å². The summed E-state index contributed by atoms with van der Waals surface area (Å²) in [5.41, 5.74) is 0.775. The summed E-state index contributed by atoms with van der Waals surface area (Å²) in [5.74, 6) is -1.35. The van der Waals surface area contributed by atoms with E-state index < -0.39 is 16.9 Å². The molecule has 0 radical (unpaired) electrons. The third kappa shape index (κ3) is 3.18. The van der Waals surface area contributed by atoms with E-state index in [1.807, 2.05) is 0 Å². The third-order valence-corrected chi connectivity index (χ3v) is 4.49. The first-order chi connectivity index (χ1) is 11.9. The number of aromatic amines is 1. The summed E-state index contributed by atoms with van der Waals surface area (Å²) < 4.78 is 5.27. The van der Waals surface area contributed by atoms with Crippen LogP contribution >= 0.6 is 0 Å². The van der Waals surface area contributed by atoms with Crippen LogP contribution in [0.1, 0.15) is 23.2 Å². The maximum Gasteiger partial charge on any atom is 0.305 e. The minimum Gasteiger partial charge on any atom is -0.481 e. The number of fused-ring (bicyclic) bond motifs is 1. The number of nitro benzene ring substituents is 1. The van der Waals surface area contributed by atoms with Gasteiger partial charge in [0.05, 0.1) is 23.0 Å². The highest BCUT2D eigenvalue weighted by atomic mass is 16.6. The number of ether oxygens (including phenoxy) is 1. The highest BCUT2D eigenvalue weighted by Crippen LogP contribution is 2.29. The van der Waals surface area contributed by atoms with Gasteiger partial charge in [-0.15, -0.1) is 0 Å². The molecule has 2 heterocycles. The molecule has 3 rings (SSSR count). The molecule has 9 nitrogen and oxygen atoms in total. The van der Waals surface area contributed by atoms with Crippen LogP contribution in [0, 0.1) is 10.1 Å². The van der Waals surface area contributed by atoms with Crippen LogP contribution in [0.5, 0.6) is 0 Å². The summed E-state index contributed by atoms with van der Waals surface area (Å²) in [6.45, 7) is 0.287. The molecule has 0 bridgehead atoms. The SMILES string of the molecule is COC1CC(CC(=O)O)N(C(=O)c2c[nH]c3ccc([N+](=O)[O-])cc23)C1. The number of rotatable bonds is 5. The van der Waals surface area contributed by atoms with Gasteiger partial charge in [-0.25, -0.2) is 0 Å². The number of benzene rings is 1. The predicted molar refractivity (Wildman–Crippen MR) is 87.4 cm³/mol. The van der Waals surface area contributed by atoms with E-state index in [1.165, 1.54) is 30.3 Å². The van der Waals surface area contributed by atoms with Crippen LogP contribution in [0.3, 0.4) is 0 Å². The molecule has 1 aliphatic rings. The molecule has 25 heavy (non-hydrogen) atoms. The van der Waals surface area contributed by atoms with Gasteiger partial charge in [0.15, 0.2) is 0 Å². The van der Waals surface area contributed by atoms with Crippen molar-refractivity contribution in [3.8, 4) is 0 Å². The molecule has 1 aromatic heterocycles. The molecule has 1 aliphatic heterocycles. The van der Waals surface area contributed by atoms with Crippen molar-refractivity contribution in [3.63, 3.8) is 0 Å². The van der Waals surface area contributed by atoms with Crippen molar-refractivity contribution in [2.24, 2.45) is 0 Å². The first-order valence-electron chi connectivity index (χ1n) is 7.71. The zero-order chi connectivity index (χ0) is 18.1. The second kappa shape index (κ2) is 6.52. The number of carbonyl (C=O) groups is 2. The quantitative estimate of drug-likeness (QED) is 0.627. The predicted octanol–water partition coefficient (Wildman–Crippen LogP) is 1.78. The summed E-state index contributed by atoms with van der Waals surface area (Å²) in [6, 6.07) is 3.77. The monoisotopic (exact) mass is 347 g/mol. The van der Waals surface area contributed by atoms with E-state index in [1.54, 1.807) is 6.07 Å². The maximum absolute atomic E-state index is 12.9. The minimum atomic E-state index is -0.992. The molecule has 1 amide bonds. The van der Waals surface area contributed by atoms with Crippen molar-refractivity contribution in [1.82, 2.24) is 9.88 Å². The number of aliphatic carboxylic acids is 1. The summed E-state index contributed by atoms with van der Waals surface area (Å²) in [4.78, 5) is 38.9. The summed E-state index contributed by atoms with van der Waals surface area (Å²) in [7, 11) is 1.52. The Kier molecular flexibility index (Phi) is 4.41. The molecule has 2 atom stereocenters. The van der Waals surface area contributed by atoms with Gasteiger partial charge in [0.1, 0.15) is 0 Å². The number of likely N-dealkylation sites (tertiary alicyclic amines) is 1. The van der Waals surface area contributed by atoms with Crippen LogP contribution in [0.2, 0.25) is 0 Å². The van der Waals surface area contributed by atoms with Gasteiger partial charge in [-0.05, 0) is 12.5 Å². The van der Waals surface area contributed by atoms with E-state index in [4.69, 9.17) is 9.84 Å². The van der Waals surface area contributed by atoms with Crippen molar-refractivity contribution in [2.75, 3.05) is 13.7 Å². The standard InChI is InChI=1S/C16H17N3O6/c1-25-11-4-10(6-15(20)21)18(8-11)16(22)13-7-17-14-3-2-9(19(23)24)5-12(13)14/h2-3,5,7,10-11,17H,4,6,8H2,1H3,(H,20,21). The Morgan fingerprint density at radius 3 is 2.88 bits per heavy atom. The average Bonchev–Trinajstić information content (AvgIpc) is 3.16. The molecule has 2 aromatic rings. The smallest absolute Gasteiger partial charge is 0.305 e. The van der Waals surface area contributed by atoms with Crippen molar-refractivity contribution >= 4 is 28.5 Å². The Morgan fingerprint density at radius 2 is 2.24 bits per heavy atom. The van der Waals surface area contributed by atoms with E-state index in [9.17, 15) is 19.7 Å². The fourth-order valence-corrected chi connectivity index (χ4v) is 3.24. The lowest BCUT2D eigenvalue weighted by Gasteiger charge is -2.22. The molecule has 9 heteroatoms. The Morgan fingerprint density at radius 1 is 1.48 bits per heavy atom. The minimum absolute atomic E-state index is 0.112. The van der Waals surface area contributed by atoms with E-state index in [-0.39, 0.29) is 36.2 Å². The molecule has 2 unspecified atom stereocenters. The zero-order valence-corrected chi connectivity index (χ0v) is 13.5.